The molecule has 5 aliphatic rings. The van der Waals surface area contributed by atoms with Gasteiger partial charge in [0.2, 0.25) is 0 Å². The Balaban J connectivity index is 1.58. The van der Waals surface area contributed by atoms with E-state index < -0.39 is 0 Å². The first-order valence-corrected chi connectivity index (χ1v) is 20.3. The van der Waals surface area contributed by atoms with Crippen molar-refractivity contribution in [1.82, 2.24) is 0 Å². The lowest BCUT2D eigenvalue weighted by atomic mass is 9.95. The lowest BCUT2D eigenvalue weighted by Crippen LogP contribution is -2.11. The van der Waals surface area contributed by atoms with E-state index in [1.807, 2.05) is 121 Å². The standard InChI is InChI=1S/C52H44N4O8/c1-57-45-37-33(29-21-13-9-14-22-29)39-47(59-3)49(61-5)41(54-39)35(31-25-17-11-18-26-31)43-51(63-7)52(64-8)44(56-43)36(32-27-19-12-20-28-32)42-50(62-6)48(60-4)40(55-42)34(30-23-15-10-16-24-30)38(53-37)46(45)58-2/h9-28H,1-8H3. The molecule has 12 heteroatoms. The van der Waals surface area contributed by atoms with Gasteiger partial charge in [0.05, 0.1) is 56.9 Å². The number of methoxy groups -OCH3 is 8. The maximum Gasteiger partial charge on any atom is 0.189 e. The number of rotatable bonds is 12. The molecule has 0 atom stereocenters. The van der Waals surface area contributed by atoms with Crippen LogP contribution in [0.15, 0.2) is 210 Å². The first-order chi connectivity index (χ1) is 31.5. The zero-order valence-corrected chi connectivity index (χ0v) is 36.6. The van der Waals surface area contributed by atoms with Crippen molar-refractivity contribution in [2.45, 2.75) is 0 Å². The summed E-state index contributed by atoms with van der Waals surface area (Å²) in [5.41, 5.74) is 8.80. The molecule has 320 valence electrons. The van der Waals surface area contributed by atoms with Gasteiger partial charge in [-0.2, -0.15) is 0 Å². The molecule has 5 aliphatic heterocycles. The number of aliphatic imine (C=N–C) groups is 4. The SMILES string of the molecule is COC1=C(OC)C2=C(c3ccccc3)C3=NC(=C(c4ccccc4)C4=NC(=C(c5ccccc5)C5=NC(=C(c6ccccc6)C1=N2)C(OC)=C5OC)C(OC)=C4OC)C(OC)=C3OC. The largest absolute Gasteiger partial charge is 0.491 e. The highest BCUT2D eigenvalue weighted by atomic mass is 16.5. The molecule has 5 heterocycles. The number of hydrogen-bond donors (Lipinski definition) is 0. The van der Waals surface area contributed by atoms with Crippen LogP contribution in [-0.2, 0) is 37.9 Å². The summed E-state index contributed by atoms with van der Waals surface area (Å²) < 4.78 is 50.5. The van der Waals surface area contributed by atoms with Gasteiger partial charge in [0.25, 0.3) is 0 Å². The molecule has 9 rings (SSSR count). The minimum absolute atomic E-state index is 0.356. The second-order valence-electron chi connectivity index (χ2n) is 14.5. The molecule has 0 radical (unpaired) electrons. The molecule has 4 aromatic carbocycles. The second kappa shape index (κ2) is 17.3. The Morgan fingerprint density at radius 1 is 0.234 bits per heavy atom. The van der Waals surface area contributed by atoms with E-state index in [4.69, 9.17) is 57.9 Å². The predicted molar refractivity (Wildman–Crippen MR) is 247 cm³/mol. The Labute approximate surface area is 371 Å². The third kappa shape index (κ3) is 6.53. The molecule has 4 aromatic rings. The van der Waals surface area contributed by atoms with Gasteiger partial charge in [-0.1, -0.05) is 121 Å². The van der Waals surface area contributed by atoms with Gasteiger partial charge in [0, 0.05) is 22.3 Å². The van der Waals surface area contributed by atoms with E-state index >= 15 is 0 Å². The summed E-state index contributed by atoms with van der Waals surface area (Å²) in [7, 11) is 12.7. The average Bonchev–Trinajstić information content (AvgIpc) is 4.10. The van der Waals surface area contributed by atoms with Gasteiger partial charge in [-0.15, -0.1) is 0 Å². The maximum atomic E-state index is 6.31. The average molecular weight is 853 g/mol. The Morgan fingerprint density at radius 3 is 0.562 bits per heavy atom. The Kier molecular flexibility index (Phi) is 11.2. The highest BCUT2D eigenvalue weighted by Gasteiger charge is 2.44. The Morgan fingerprint density at radius 2 is 0.406 bits per heavy atom. The molecule has 64 heavy (non-hydrogen) atoms. The van der Waals surface area contributed by atoms with Gasteiger partial charge in [-0.05, 0) is 22.3 Å². The zero-order valence-electron chi connectivity index (χ0n) is 36.6. The molecule has 0 saturated heterocycles. The van der Waals surface area contributed by atoms with Gasteiger partial charge in [0.15, 0.2) is 46.1 Å². The van der Waals surface area contributed by atoms with E-state index in [1.54, 1.807) is 56.9 Å². The first-order valence-electron chi connectivity index (χ1n) is 20.3. The summed E-state index contributed by atoms with van der Waals surface area (Å²) in [6.07, 6.45) is 0. The van der Waals surface area contributed by atoms with Crippen LogP contribution in [0, 0.1) is 0 Å². The fourth-order valence-corrected chi connectivity index (χ4v) is 8.55. The molecule has 0 fully saturated rings. The number of allylic oxidation sites excluding steroid dienone is 4. The lowest BCUT2D eigenvalue weighted by Gasteiger charge is -2.15. The van der Waals surface area contributed by atoms with Crippen molar-refractivity contribution in [3.05, 3.63) is 212 Å². The normalized spacial score (nSPS) is 17.2. The van der Waals surface area contributed by atoms with Crippen LogP contribution in [0.25, 0.3) is 22.3 Å². The van der Waals surface area contributed by atoms with Gasteiger partial charge in [-0.25, -0.2) is 20.0 Å². The van der Waals surface area contributed by atoms with E-state index in [1.165, 1.54) is 0 Å². The van der Waals surface area contributed by atoms with Crippen molar-refractivity contribution in [3.63, 3.8) is 0 Å². The molecule has 0 aliphatic carbocycles. The second-order valence-corrected chi connectivity index (χ2v) is 14.5. The monoisotopic (exact) mass is 852 g/mol. The predicted octanol–water partition coefficient (Wildman–Crippen LogP) is 9.48. The number of ether oxygens (including phenoxy) is 8. The van der Waals surface area contributed by atoms with Crippen molar-refractivity contribution in [2.75, 3.05) is 56.9 Å². The van der Waals surface area contributed by atoms with Gasteiger partial charge < -0.3 is 37.9 Å². The van der Waals surface area contributed by atoms with Crippen LogP contribution in [0.5, 0.6) is 0 Å². The highest BCUT2D eigenvalue weighted by Crippen LogP contribution is 2.48. The molecule has 0 N–H and O–H groups in total. The molecule has 0 aromatic heterocycles. The third-order valence-electron chi connectivity index (χ3n) is 11.2. The summed E-state index contributed by atoms with van der Waals surface area (Å²) in [5, 5.41) is 0. The summed E-state index contributed by atoms with van der Waals surface area (Å²) >= 11 is 0. The number of nitrogens with zero attached hydrogens (tertiary/aromatic N) is 4. The van der Waals surface area contributed by atoms with Crippen LogP contribution in [0.2, 0.25) is 0 Å². The van der Waals surface area contributed by atoms with Crippen LogP contribution in [0.4, 0.5) is 0 Å². The topological polar surface area (TPSA) is 123 Å². The summed E-state index contributed by atoms with van der Waals surface area (Å²) in [6.45, 7) is 0. The fraction of sp³-hybridized carbons (Fsp3) is 0.154. The molecule has 0 unspecified atom stereocenters. The molecular weight excluding hydrogens is 809 g/mol. The smallest absolute Gasteiger partial charge is 0.189 e. The summed E-state index contributed by atoms with van der Waals surface area (Å²) in [4.78, 5) is 21.9. The summed E-state index contributed by atoms with van der Waals surface area (Å²) in [6, 6.07) is 39.2. The molecular formula is C52H44N4O8. The maximum absolute atomic E-state index is 6.31. The van der Waals surface area contributed by atoms with E-state index in [0.29, 0.717) is 114 Å². The van der Waals surface area contributed by atoms with Gasteiger partial charge >= 0.3 is 0 Å². The van der Waals surface area contributed by atoms with Crippen molar-refractivity contribution >= 4 is 45.1 Å². The van der Waals surface area contributed by atoms with Crippen LogP contribution < -0.4 is 0 Å². The lowest BCUT2D eigenvalue weighted by molar-refractivity contribution is 0.245. The summed E-state index contributed by atoms with van der Waals surface area (Å²) in [5.74, 6) is 2.85. The quantitative estimate of drug-likeness (QED) is 0.138. The van der Waals surface area contributed by atoms with E-state index in [0.717, 1.165) is 22.3 Å². The van der Waals surface area contributed by atoms with Gasteiger partial charge in [0.1, 0.15) is 45.6 Å². The van der Waals surface area contributed by atoms with E-state index in [-0.39, 0.29) is 0 Å². The Bertz CT molecular complexity index is 2560. The van der Waals surface area contributed by atoms with E-state index in [2.05, 4.69) is 0 Å². The van der Waals surface area contributed by atoms with Crippen LogP contribution >= 0.6 is 0 Å². The van der Waals surface area contributed by atoms with Crippen LogP contribution in [0.1, 0.15) is 22.3 Å². The fourth-order valence-electron chi connectivity index (χ4n) is 8.55. The zero-order chi connectivity index (χ0) is 44.5. The van der Waals surface area contributed by atoms with Crippen LogP contribution in [0.3, 0.4) is 0 Å². The molecule has 0 spiro atoms. The highest BCUT2D eigenvalue weighted by molar-refractivity contribution is 6.42. The van der Waals surface area contributed by atoms with Gasteiger partial charge in [-0.3, -0.25) is 0 Å². The van der Waals surface area contributed by atoms with Crippen molar-refractivity contribution < 1.29 is 37.9 Å². The molecule has 12 nitrogen and oxygen atoms in total. The number of benzene rings is 4. The first kappa shape index (κ1) is 41.2. The molecule has 0 saturated carbocycles. The Hall–Kier alpha value is -8.12. The van der Waals surface area contributed by atoms with E-state index in [9.17, 15) is 0 Å². The van der Waals surface area contributed by atoms with Crippen molar-refractivity contribution in [3.8, 4) is 0 Å². The van der Waals surface area contributed by atoms with Crippen molar-refractivity contribution in [1.29, 1.82) is 0 Å². The molecule has 0 amide bonds. The van der Waals surface area contributed by atoms with Crippen molar-refractivity contribution in [2.24, 2.45) is 20.0 Å². The number of fused-ring (bicyclic) bond motifs is 4. The van der Waals surface area contributed by atoms with Crippen LogP contribution in [-0.4, -0.2) is 79.7 Å². The molecule has 8 bridgehead atoms. The minimum Gasteiger partial charge on any atom is -0.491 e. The third-order valence-corrected chi connectivity index (χ3v) is 11.2. The number of hydrogen-bond acceptors (Lipinski definition) is 12. The minimum atomic E-state index is 0.356.